The average Bonchev–Trinajstić information content (AvgIpc) is 3.38. The van der Waals surface area contributed by atoms with Gasteiger partial charge in [-0.3, -0.25) is 9.59 Å². The maximum atomic E-state index is 13.9. The Kier molecular flexibility index (Phi) is 7.38. The molecule has 3 aromatic carbocycles. The Morgan fingerprint density at radius 2 is 1.62 bits per heavy atom. The summed E-state index contributed by atoms with van der Waals surface area (Å²) in [5.74, 6) is 0.323. The van der Waals surface area contributed by atoms with Crippen LogP contribution in [0.4, 0.5) is 5.69 Å². The second kappa shape index (κ2) is 10.9. The quantitative estimate of drug-likeness (QED) is 0.485. The largest absolute Gasteiger partial charge is 0.497 e. The van der Waals surface area contributed by atoms with Crippen molar-refractivity contribution in [3.8, 4) is 5.75 Å². The van der Waals surface area contributed by atoms with Crippen molar-refractivity contribution in [1.82, 2.24) is 9.80 Å². The predicted molar refractivity (Wildman–Crippen MR) is 147 cm³/mol. The Morgan fingerprint density at radius 3 is 2.35 bits per heavy atom. The molecule has 0 unspecified atom stereocenters. The van der Waals surface area contributed by atoms with E-state index in [4.69, 9.17) is 16.3 Å². The van der Waals surface area contributed by atoms with Crippen LogP contribution in [0.2, 0.25) is 5.02 Å². The van der Waals surface area contributed by atoms with Crippen molar-refractivity contribution in [3.05, 3.63) is 94.5 Å². The van der Waals surface area contributed by atoms with Gasteiger partial charge >= 0.3 is 0 Å². The summed E-state index contributed by atoms with van der Waals surface area (Å²) >= 11 is 6.15. The number of ether oxygens (including phenoxy) is 1. The van der Waals surface area contributed by atoms with Crippen molar-refractivity contribution < 1.29 is 14.3 Å². The molecule has 6 nitrogen and oxygen atoms in total. The molecule has 2 saturated heterocycles. The number of piperazine rings is 1. The van der Waals surface area contributed by atoms with Gasteiger partial charge in [-0.1, -0.05) is 48.0 Å². The monoisotopic (exact) mass is 517 g/mol. The SMILES string of the molecule is COc1cccc([C@@H]2CN(C(=O)c3cccc(Cl)c3)C[C@@H]2C(=O)N2CCN(c3ccccc3C)CC2)c1. The van der Waals surface area contributed by atoms with Crippen LogP contribution in [0.5, 0.6) is 5.75 Å². The molecule has 2 atom stereocenters. The fourth-order valence-electron chi connectivity index (χ4n) is 5.55. The van der Waals surface area contributed by atoms with Crippen LogP contribution in [0.15, 0.2) is 72.8 Å². The third kappa shape index (κ3) is 5.30. The average molecular weight is 518 g/mol. The number of nitrogens with zero attached hydrogens (tertiary/aromatic N) is 3. The summed E-state index contributed by atoms with van der Waals surface area (Å²) in [6, 6.07) is 23.2. The number of likely N-dealkylation sites (tertiary alicyclic amines) is 1. The van der Waals surface area contributed by atoms with Crippen LogP contribution in [-0.4, -0.2) is 68.0 Å². The number of carbonyl (C=O) groups is 2. The molecule has 5 rings (SSSR count). The minimum Gasteiger partial charge on any atom is -0.497 e. The number of carbonyl (C=O) groups excluding carboxylic acids is 2. The van der Waals surface area contributed by atoms with E-state index in [-0.39, 0.29) is 23.7 Å². The van der Waals surface area contributed by atoms with E-state index in [1.54, 1.807) is 36.3 Å². The highest BCUT2D eigenvalue weighted by molar-refractivity contribution is 6.31. The number of aryl methyl sites for hydroxylation is 1. The fourth-order valence-corrected chi connectivity index (χ4v) is 5.74. The van der Waals surface area contributed by atoms with Crippen LogP contribution in [0.25, 0.3) is 0 Å². The topological polar surface area (TPSA) is 53.1 Å². The van der Waals surface area contributed by atoms with Crippen LogP contribution in [-0.2, 0) is 4.79 Å². The molecule has 2 fully saturated rings. The van der Waals surface area contributed by atoms with E-state index in [0.717, 1.165) is 24.4 Å². The molecule has 0 N–H and O–H groups in total. The summed E-state index contributed by atoms with van der Waals surface area (Å²) in [6.07, 6.45) is 0. The van der Waals surface area contributed by atoms with Crippen molar-refractivity contribution in [3.63, 3.8) is 0 Å². The molecule has 0 radical (unpaired) electrons. The van der Waals surface area contributed by atoms with Crippen molar-refractivity contribution in [2.75, 3.05) is 51.3 Å². The molecule has 37 heavy (non-hydrogen) atoms. The van der Waals surface area contributed by atoms with Gasteiger partial charge in [-0.15, -0.1) is 0 Å². The summed E-state index contributed by atoms with van der Waals surface area (Å²) < 4.78 is 5.45. The van der Waals surface area contributed by atoms with Crippen LogP contribution in [0.1, 0.15) is 27.4 Å². The Balaban J connectivity index is 1.36. The molecule has 0 aromatic heterocycles. The van der Waals surface area contributed by atoms with Gasteiger partial charge in [0.2, 0.25) is 5.91 Å². The zero-order valence-electron chi connectivity index (χ0n) is 21.3. The van der Waals surface area contributed by atoms with Gasteiger partial charge in [0.05, 0.1) is 13.0 Å². The maximum absolute atomic E-state index is 13.9. The Morgan fingerprint density at radius 1 is 0.865 bits per heavy atom. The third-order valence-corrected chi connectivity index (χ3v) is 7.80. The number of benzene rings is 3. The summed E-state index contributed by atoms with van der Waals surface area (Å²) in [7, 11) is 1.64. The summed E-state index contributed by atoms with van der Waals surface area (Å²) in [5.41, 5.74) is 4.02. The van der Waals surface area contributed by atoms with E-state index in [0.29, 0.717) is 36.8 Å². The van der Waals surface area contributed by atoms with Crippen LogP contribution in [0.3, 0.4) is 0 Å². The Hall–Kier alpha value is -3.51. The fraction of sp³-hybridized carbons (Fsp3) is 0.333. The van der Waals surface area contributed by atoms with E-state index in [1.165, 1.54) is 11.3 Å². The molecule has 2 aliphatic heterocycles. The molecule has 0 spiro atoms. The highest BCUT2D eigenvalue weighted by Crippen LogP contribution is 2.36. The van der Waals surface area contributed by atoms with Crippen LogP contribution in [0, 0.1) is 12.8 Å². The van der Waals surface area contributed by atoms with Gasteiger partial charge in [0.25, 0.3) is 5.91 Å². The molecular formula is C30H32ClN3O3. The van der Waals surface area contributed by atoms with Gasteiger partial charge in [0.15, 0.2) is 0 Å². The number of hydrogen-bond acceptors (Lipinski definition) is 4. The molecule has 3 aromatic rings. The van der Waals surface area contributed by atoms with Crippen LogP contribution >= 0.6 is 11.6 Å². The summed E-state index contributed by atoms with van der Waals surface area (Å²) in [5, 5.41) is 0.522. The maximum Gasteiger partial charge on any atom is 0.253 e. The highest BCUT2D eigenvalue weighted by atomic mass is 35.5. The number of methoxy groups -OCH3 is 1. The van der Waals surface area contributed by atoms with Gasteiger partial charge in [-0.2, -0.15) is 0 Å². The predicted octanol–water partition coefficient (Wildman–Crippen LogP) is 4.86. The van der Waals surface area contributed by atoms with Gasteiger partial charge in [0, 0.05) is 61.5 Å². The van der Waals surface area contributed by atoms with Gasteiger partial charge < -0.3 is 19.4 Å². The first-order valence-corrected chi connectivity index (χ1v) is 13.1. The standard InChI is InChI=1S/C30H32ClN3O3/c1-21-7-3-4-12-28(21)32-13-15-33(16-14-32)30(36)27-20-34(29(35)23-9-5-10-24(31)17-23)19-26(27)22-8-6-11-25(18-22)37-2/h3-12,17-18,26-27H,13-16,19-20H2,1-2H3/t26-,27-/m0/s1. The molecule has 2 heterocycles. The lowest BCUT2D eigenvalue weighted by Crippen LogP contribution is -2.51. The molecule has 7 heteroatoms. The van der Waals surface area contributed by atoms with E-state index < -0.39 is 0 Å². The van der Waals surface area contributed by atoms with Gasteiger partial charge in [-0.05, 0) is 54.4 Å². The second-order valence-corrected chi connectivity index (χ2v) is 10.2. The Bertz CT molecular complexity index is 1290. The van der Waals surface area contributed by atoms with Crippen molar-refractivity contribution in [1.29, 1.82) is 0 Å². The first-order chi connectivity index (χ1) is 17.9. The van der Waals surface area contributed by atoms with E-state index in [2.05, 4.69) is 30.0 Å². The highest BCUT2D eigenvalue weighted by Gasteiger charge is 2.43. The molecule has 0 saturated carbocycles. The minimum absolute atomic E-state index is 0.102. The number of anilines is 1. The number of para-hydroxylation sites is 1. The lowest BCUT2D eigenvalue weighted by molar-refractivity contribution is -0.135. The third-order valence-electron chi connectivity index (χ3n) is 7.57. The van der Waals surface area contributed by atoms with E-state index in [1.807, 2.05) is 35.2 Å². The lowest BCUT2D eigenvalue weighted by atomic mass is 9.87. The first-order valence-electron chi connectivity index (χ1n) is 12.7. The molecule has 192 valence electrons. The Labute approximate surface area is 223 Å². The number of halogens is 1. The molecule has 0 aliphatic carbocycles. The second-order valence-electron chi connectivity index (χ2n) is 9.81. The van der Waals surface area contributed by atoms with Crippen molar-refractivity contribution >= 4 is 29.1 Å². The van der Waals surface area contributed by atoms with E-state index in [9.17, 15) is 9.59 Å². The number of amides is 2. The van der Waals surface area contributed by atoms with Gasteiger partial charge in [-0.25, -0.2) is 0 Å². The normalized spacial score (nSPS) is 19.7. The molecule has 2 aliphatic rings. The summed E-state index contributed by atoms with van der Waals surface area (Å²) in [6.45, 7) is 5.88. The van der Waals surface area contributed by atoms with Gasteiger partial charge in [0.1, 0.15) is 5.75 Å². The molecule has 2 amide bonds. The smallest absolute Gasteiger partial charge is 0.253 e. The van der Waals surface area contributed by atoms with Crippen molar-refractivity contribution in [2.45, 2.75) is 12.8 Å². The summed E-state index contributed by atoms with van der Waals surface area (Å²) in [4.78, 5) is 33.4. The molecular weight excluding hydrogens is 486 g/mol. The van der Waals surface area contributed by atoms with Crippen LogP contribution < -0.4 is 9.64 Å². The van der Waals surface area contributed by atoms with Crippen molar-refractivity contribution in [2.24, 2.45) is 5.92 Å². The number of hydrogen-bond donors (Lipinski definition) is 0. The lowest BCUT2D eigenvalue weighted by Gasteiger charge is -2.38. The molecule has 0 bridgehead atoms. The van der Waals surface area contributed by atoms with E-state index >= 15 is 0 Å². The number of rotatable bonds is 5. The zero-order valence-corrected chi connectivity index (χ0v) is 22.0. The zero-order chi connectivity index (χ0) is 25.9. The minimum atomic E-state index is -0.319. The first kappa shape index (κ1) is 25.2.